The molecule has 7 heteroatoms. The molecule has 7 nitrogen and oxygen atoms in total. The molecule has 116 valence electrons. The molecule has 1 amide bonds. The van der Waals surface area contributed by atoms with E-state index in [0.29, 0.717) is 19.3 Å². The zero-order chi connectivity index (χ0) is 15.5. The van der Waals surface area contributed by atoms with Crippen LogP contribution >= 0.6 is 0 Å². The third-order valence-corrected chi connectivity index (χ3v) is 3.02. The Balaban J connectivity index is 4.42. The SMILES string of the molecule is COC(=O)CCCC(CCC(=O)OC)C(=O)N(C)OC. The second kappa shape index (κ2) is 10.2. The van der Waals surface area contributed by atoms with Crippen molar-refractivity contribution >= 4 is 17.8 Å². The maximum absolute atomic E-state index is 12.1. The van der Waals surface area contributed by atoms with E-state index in [1.807, 2.05) is 0 Å². The predicted octanol–water partition coefficient (Wildman–Crippen LogP) is 0.919. The molecule has 20 heavy (non-hydrogen) atoms. The van der Waals surface area contributed by atoms with Gasteiger partial charge in [0, 0.05) is 25.8 Å². The fraction of sp³-hybridized carbons (Fsp3) is 0.769. The normalized spacial score (nSPS) is 11.6. The number of hydroxylamine groups is 2. The van der Waals surface area contributed by atoms with Gasteiger partial charge in [0.2, 0.25) is 5.91 Å². The van der Waals surface area contributed by atoms with Crippen molar-refractivity contribution in [2.24, 2.45) is 5.92 Å². The fourth-order valence-electron chi connectivity index (χ4n) is 1.73. The number of nitrogens with zero attached hydrogens (tertiary/aromatic N) is 1. The monoisotopic (exact) mass is 289 g/mol. The molecule has 1 atom stereocenters. The van der Waals surface area contributed by atoms with Gasteiger partial charge in [0.05, 0.1) is 21.3 Å². The van der Waals surface area contributed by atoms with E-state index < -0.39 is 0 Å². The van der Waals surface area contributed by atoms with Crippen LogP contribution in [0.15, 0.2) is 0 Å². The molecule has 0 aliphatic heterocycles. The number of rotatable bonds is 9. The van der Waals surface area contributed by atoms with Crippen LogP contribution in [0.1, 0.15) is 32.1 Å². The summed E-state index contributed by atoms with van der Waals surface area (Å²) in [5.74, 6) is -1.29. The first-order chi connectivity index (χ1) is 9.46. The molecule has 0 fully saturated rings. The topological polar surface area (TPSA) is 82.1 Å². The Kier molecular flexibility index (Phi) is 9.36. The van der Waals surface area contributed by atoms with E-state index in [1.165, 1.54) is 28.4 Å². The number of hydrogen-bond donors (Lipinski definition) is 0. The maximum atomic E-state index is 12.1. The molecule has 0 heterocycles. The molecular formula is C13H23NO6. The van der Waals surface area contributed by atoms with Gasteiger partial charge in [0.15, 0.2) is 0 Å². The summed E-state index contributed by atoms with van der Waals surface area (Å²) >= 11 is 0. The van der Waals surface area contributed by atoms with Crippen LogP contribution in [-0.2, 0) is 28.7 Å². The molecule has 0 saturated heterocycles. The minimum atomic E-state index is -0.385. The number of amides is 1. The molecule has 0 saturated carbocycles. The number of carbonyl (C=O) groups is 3. The lowest BCUT2D eigenvalue weighted by Crippen LogP contribution is -2.32. The fourth-order valence-corrected chi connectivity index (χ4v) is 1.73. The van der Waals surface area contributed by atoms with Crippen molar-refractivity contribution in [1.29, 1.82) is 0 Å². The Morgan fingerprint density at radius 1 is 0.950 bits per heavy atom. The van der Waals surface area contributed by atoms with Crippen LogP contribution < -0.4 is 0 Å². The van der Waals surface area contributed by atoms with Crippen LogP contribution in [-0.4, -0.2) is 51.3 Å². The summed E-state index contributed by atoms with van der Waals surface area (Å²) in [6, 6.07) is 0. The van der Waals surface area contributed by atoms with Crippen molar-refractivity contribution in [3.63, 3.8) is 0 Å². The lowest BCUT2D eigenvalue weighted by Gasteiger charge is -2.21. The van der Waals surface area contributed by atoms with Crippen LogP contribution in [0.2, 0.25) is 0 Å². The molecule has 0 radical (unpaired) electrons. The van der Waals surface area contributed by atoms with Gasteiger partial charge in [0.25, 0.3) is 0 Å². The molecule has 0 rings (SSSR count). The second-order valence-electron chi connectivity index (χ2n) is 4.30. The maximum Gasteiger partial charge on any atom is 0.305 e. The van der Waals surface area contributed by atoms with Gasteiger partial charge in [-0.15, -0.1) is 0 Å². The average molecular weight is 289 g/mol. The average Bonchev–Trinajstić information content (AvgIpc) is 2.48. The van der Waals surface area contributed by atoms with Gasteiger partial charge in [-0.3, -0.25) is 19.2 Å². The lowest BCUT2D eigenvalue weighted by atomic mass is 9.95. The molecule has 0 spiro atoms. The Bertz CT molecular complexity index is 331. The molecule has 1 unspecified atom stereocenters. The molecule has 0 N–H and O–H groups in total. The van der Waals surface area contributed by atoms with Gasteiger partial charge < -0.3 is 9.47 Å². The zero-order valence-electron chi connectivity index (χ0n) is 12.5. The van der Waals surface area contributed by atoms with Crippen molar-refractivity contribution in [2.75, 3.05) is 28.4 Å². The van der Waals surface area contributed by atoms with Crippen molar-refractivity contribution in [2.45, 2.75) is 32.1 Å². The summed E-state index contributed by atoms with van der Waals surface area (Å²) in [4.78, 5) is 39.1. The molecule has 0 bridgehead atoms. The molecule has 0 aromatic heterocycles. The van der Waals surface area contributed by atoms with E-state index in [-0.39, 0.29) is 36.6 Å². The quantitative estimate of drug-likeness (QED) is 0.463. The van der Waals surface area contributed by atoms with Gasteiger partial charge in [-0.2, -0.15) is 0 Å². The number of ether oxygens (including phenoxy) is 2. The third-order valence-electron chi connectivity index (χ3n) is 3.02. The highest BCUT2D eigenvalue weighted by atomic mass is 16.7. The van der Waals surface area contributed by atoms with E-state index in [1.54, 1.807) is 0 Å². The summed E-state index contributed by atoms with van der Waals surface area (Å²) < 4.78 is 9.10. The summed E-state index contributed by atoms with van der Waals surface area (Å²) in [5.41, 5.74) is 0. The third kappa shape index (κ3) is 7.08. The Morgan fingerprint density at radius 2 is 1.50 bits per heavy atom. The van der Waals surface area contributed by atoms with Gasteiger partial charge >= 0.3 is 11.9 Å². The van der Waals surface area contributed by atoms with Gasteiger partial charge in [-0.05, 0) is 19.3 Å². The largest absolute Gasteiger partial charge is 0.469 e. The standard InChI is InChI=1S/C13H23NO6/c1-14(20-4)13(17)10(8-9-12(16)19-3)6-5-7-11(15)18-2/h10H,5-9H2,1-4H3. The van der Waals surface area contributed by atoms with E-state index in [4.69, 9.17) is 4.84 Å². The molecule has 0 aromatic rings. The van der Waals surface area contributed by atoms with E-state index in [0.717, 1.165) is 5.06 Å². The lowest BCUT2D eigenvalue weighted by molar-refractivity contribution is -0.174. The number of methoxy groups -OCH3 is 2. The summed E-state index contributed by atoms with van der Waals surface area (Å²) in [6.45, 7) is 0. The van der Waals surface area contributed by atoms with Crippen LogP contribution in [0.4, 0.5) is 0 Å². The highest BCUT2D eigenvalue weighted by Gasteiger charge is 2.23. The zero-order valence-corrected chi connectivity index (χ0v) is 12.5. The highest BCUT2D eigenvalue weighted by Crippen LogP contribution is 2.18. The first kappa shape index (κ1) is 18.4. The van der Waals surface area contributed by atoms with E-state index in [2.05, 4.69) is 9.47 Å². The number of esters is 2. The molecule has 0 aliphatic carbocycles. The van der Waals surface area contributed by atoms with Crippen LogP contribution in [0, 0.1) is 5.92 Å². The molecular weight excluding hydrogens is 266 g/mol. The minimum Gasteiger partial charge on any atom is -0.469 e. The van der Waals surface area contributed by atoms with E-state index >= 15 is 0 Å². The smallest absolute Gasteiger partial charge is 0.305 e. The summed E-state index contributed by atoms with van der Waals surface area (Å²) in [6.07, 6.45) is 1.76. The van der Waals surface area contributed by atoms with Crippen LogP contribution in [0.3, 0.4) is 0 Å². The van der Waals surface area contributed by atoms with Crippen molar-refractivity contribution in [3.8, 4) is 0 Å². The Hall–Kier alpha value is -1.63. The second-order valence-corrected chi connectivity index (χ2v) is 4.30. The summed E-state index contributed by atoms with van der Waals surface area (Å²) in [5, 5.41) is 1.13. The van der Waals surface area contributed by atoms with Crippen molar-refractivity contribution in [3.05, 3.63) is 0 Å². The van der Waals surface area contributed by atoms with Crippen LogP contribution in [0.25, 0.3) is 0 Å². The molecule has 0 aliphatic rings. The van der Waals surface area contributed by atoms with E-state index in [9.17, 15) is 14.4 Å². The highest BCUT2D eigenvalue weighted by molar-refractivity contribution is 5.78. The van der Waals surface area contributed by atoms with Gasteiger partial charge in [-0.1, -0.05) is 0 Å². The minimum absolute atomic E-state index is 0.155. The van der Waals surface area contributed by atoms with Gasteiger partial charge in [-0.25, -0.2) is 5.06 Å². The summed E-state index contributed by atoms with van der Waals surface area (Å²) in [7, 11) is 5.52. The first-order valence-electron chi connectivity index (χ1n) is 6.41. The predicted molar refractivity (Wildman–Crippen MR) is 70.4 cm³/mol. The Labute approximate surface area is 119 Å². The number of carbonyl (C=O) groups excluding carboxylic acids is 3. The number of hydrogen-bond acceptors (Lipinski definition) is 6. The van der Waals surface area contributed by atoms with Crippen molar-refractivity contribution in [1.82, 2.24) is 5.06 Å². The van der Waals surface area contributed by atoms with Crippen LogP contribution in [0.5, 0.6) is 0 Å². The Morgan fingerprint density at radius 3 is 2.00 bits per heavy atom. The first-order valence-corrected chi connectivity index (χ1v) is 6.41. The van der Waals surface area contributed by atoms with Gasteiger partial charge in [0.1, 0.15) is 0 Å². The van der Waals surface area contributed by atoms with Crippen molar-refractivity contribution < 1.29 is 28.7 Å². The molecule has 0 aromatic carbocycles.